The second-order valence-electron chi connectivity index (χ2n) is 18.3. The van der Waals surface area contributed by atoms with E-state index in [0.29, 0.717) is 30.1 Å². The van der Waals surface area contributed by atoms with Gasteiger partial charge in [0.2, 0.25) is 5.91 Å². The average Bonchev–Trinajstić information content (AvgIpc) is 3.78. The van der Waals surface area contributed by atoms with Gasteiger partial charge in [-0.2, -0.15) is 0 Å². The van der Waals surface area contributed by atoms with Crippen LogP contribution in [0.25, 0.3) is 0 Å². The van der Waals surface area contributed by atoms with Crippen molar-refractivity contribution in [3.05, 3.63) is 11.1 Å². The molecule has 0 aromatic carbocycles. The van der Waals surface area contributed by atoms with Crippen molar-refractivity contribution < 1.29 is 29.0 Å². The van der Waals surface area contributed by atoms with Gasteiger partial charge in [-0.25, -0.2) is 0 Å². The molecular formula is C43H74N2O6. The smallest absolute Gasteiger partial charge is 0.307 e. The van der Waals surface area contributed by atoms with Gasteiger partial charge in [-0.1, -0.05) is 69.2 Å². The Balaban J connectivity index is 0.000000697. The van der Waals surface area contributed by atoms with E-state index in [4.69, 9.17) is 9.84 Å². The number of hydrogen-bond donors (Lipinski definition) is 3. The summed E-state index contributed by atoms with van der Waals surface area (Å²) in [5, 5.41) is 13.2. The number of rotatable bonds is 6. The van der Waals surface area contributed by atoms with E-state index >= 15 is 0 Å². The molecule has 0 bridgehead atoms. The molecule has 3 N–H and O–H groups in total. The van der Waals surface area contributed by atoms with Crippen molar-refractivity contribution in [3.8, 4) is 0 Å². The van der Waals surface area contributed by atoms with Crippen LogP contribution in [0, 0.1) is 56.7 Å². The summed E-state index contributed by atoms with van der Waals surface area (Å²) in [7, 11) is 2.72. The monoisotopic (exact) mass is 715 g/mol. The topological polar surface area (TPSA) is 122 Å². The molecule has 5 unspecified atom stereocenters. The normalized spacial score (nSPS) is 36.3. The van der Waals surface area contributed by atoms with Crippen LogP contribution in [0.2, 0.25) is 0 Å². The van der Waals surface area contributed by atoms with Gasteiger partial charge in [-0.15, -0.1) is 0 Å². The van der Waals surface area contributed by atoms with Crippen LogP contribution in [0.4, 0.5) is 0 Å². The fourth-order valence-electron chi connectivity index (χ4n) is 12.2. The number of ketones is 1. The van der Waals surface area contributed by atoms with Crippen LogP contribution in [-0.2, 0) is 23.9 Å². The minimum atomic E-state index is -0.708. The minimum absolute atomic E-state index is 0.0362. The van der Waals surface area contributed by atoms with Gasteiger partial charge in [0.1, 0.15) is 12.4 Å². The highest BCUT2D eigenvalue weighted by Crippen LogP contribution is 2.73. The number of carbonyl (C=O) groups excluding carboxylic acids is 4. The lowest BCUT2D eigenvalue weighted by atomic mass is 9.36. The maximum atomic E-state index is 13.5. The Labute approximate surface area is 310 Å². The summed E-state index contributed by atoms with van der Waals surface area (Å²) in [6, 6.07) is 0. The number of aliphatic hydroxyl groups is 1. The maximum absolute atomic E-state index is 13.5. The summed E-state index contributed by atoms with van der Waals surface area (Å²) in [6.07, 6.45) is 12.0. The third-order valence-electron chi connectivity index (χ3n) is 14.3. The molecule has 1 heterocycles. The number of aldehydes is 1. The third-order valence-corrected chi connectivity index (χ3v) is 14.3. The Bertz CT molecular complexity index is 1280. The van der Waals surface area contributed by atoms with Gasteiger partial charge in [-0.05, 0) is 129 Å². The number of amides is 1. The van der Waals surface area contributed by atoms with Crippen LogP contribution in [-0.4, -0.2) is 62.4 Å². The highest BCUT2D eigenvalue weighted by molar-refractivity contribution is 6.06. The lowest BCUT2D eigenvalue weighted by Crippen LogP contribution is -2.63. The quantitative estimate of drug-likeness (QED) is 0.189. The molecular weight excluding hydrogens is 640 g/mol. The third kappa shape index (κ3) is 7.93. The molecule has 292 valence electrons. The molecule has 8 atom stereocenters. The Hall–Kier alpha value is -2.06. The van der Waals surface area contributed by atoms with E-state index in [0.717, 1.165) is 70.3 Å². The zero-order valence-corrected chi connectivity index (χ0v) is 34.4. The summed E-state index contributed by atoms with van der Waals surface area (Å²) in [5.41, 5.74) is 0.938. The molecule has 6 rings (SSSR count). The molecule has 5 fully saturated rings. The van der Waals surface area contributed by atoms with Crippen LogP contribution in [0.5, 0.6) is 0 Å². The summed E-state index contributed by atoms with van der Waals surface area (Å²) >= 11 is 0. The number of aliphatic hydroxyl groups excluding tert-OH is 1. The van der Waals surface area contributed by atoms with E-state index in [1.807, 2.05) is 13.8 Å². The van der Waals surface area contributed by atoms with Crippen LogP contribution in [0.15, 0.2) is 11.1 Å². The fraction of sp³-hybridized carbons (Fsp3) is 0.860. The molecule has 0 spiro atoms. The van der Waals surface area contributed by atoms with Crippen LogP contribution in [0.1, 0.15) is 146 Å². The molecule has 8 nitrogen and oxygen atoms in total. The van der Waals surface area contributed by atoms with Crippen molar-refractivity contribution in [1.29, 1.82) is 0 Å². The number of fused-ring (bicyclic) bond motifs is 7. The van der Waals surface area contributed by atoms with Gasteiger partial charge in [0.15, 0.2) is 5.78 Å². The van der Waals surface area contributed by atoms with Gasteiger partial charge >= 0.3 is 5.97 Å². The van der Waals surface area contributed by atoms with E-state index in [1.54, 1.807) is 20.9 Å². The van der Waals surface area contributed by atoms with Crippen LogP contribution >= 0.6 is 0 Å². The average molecular weight is 715 g/mol. The van der Waals surface area contributed by atoms with Crippen molar-refractivity contribution in [2.24, 2.45) is 56.7 Å². The zero-order chi connectivity index (χ0) is 38.6. The number of hydrogen-bond acceptors (Lipinski definition) is 7. The second-order valence-corrected chi connectivity index (χ2v) is 18.3. The van der Waals surface area contributed by atoms with E-state index in [1.165, 1.54) is 31.5 Å². The molecule has 51 heavy (non-hydrogen) atoms. The summed E-state index contributed by atoms with van der Waals surface area (Å²) in [5.74, 6) is 1.87. The maximum Gasteiger partial charge on any atom is 0.307 e. The van der Waals surface area contributed by atoms with Gasteiger partial charge < -0.3 is 25.3 Å². The Morgan fingerprint density at radius 1 is 0.941 bits per heavy atom. The molecule has 1 amide bonds. The number of esters is 1. The molecule has 0 radical (unpaired) electrons. The van der Waals surface area contributed by atoms with Crippen molar-refractivity contribution >= 4 is 23.9 Å². The summed E-state index contributed by atoms with van der Waals surface area (Å²) in [4.78, 5) is 51.3. The molecule has 5 aliphatic carbocycles. The van der Waals surface area contributed by atoms with Gasteiger partial charge in [0, 0.05) is 31.4 Å². The SMILES string of the molecule is C1CCNC1.CC.CNC(=O)C12CCC3C(CCC4[C@@]3(C)CCC3C(C)(C)[C@@H](OC(=O)CC(C)(C)C=O)CC[C@@]34C)C1=C(C(C)C)C(=O)C2.CO. The van der Waals surface area contributed by atoms with E-state index in [-0.39, 0.29) is 52.3 Å². The first-order valence-electron chi connectivity index (χ1n) is 20.3. The van der Waals surface area contributed by atoms with E-state index in [2.05, 4.69) is 52.2 Å². The number of Topliss-reactive ketones (excluding diaryl/α,β-unsaturated/α-hetero) is 1. The first-order chi connectivity index (χ1) is 24.0. The number of ether oxygens (including phenoxy) is 1. The Morgan fingerprint density at radius 3 is 2.08 bits per heavy atom. The van der Waals surface area contributed by atoms with Crippen LogP contribution in [0.3, 0.4) is 0 Å². The van der Waals surface area contributed by atoms with Crippen molar-refractivity contribution in [2.75, 3.05) is 27.2 Å². The molecule has 8 heteroatoms. The largest absolute Gasteiger partial charge is 0.462 e. The summed E-state index contributed by atoms with van der Waals surface area (Å²) in [6.45, 7) is 24.0. The standard InChI is InChI=1S/C36H55NO5.C4H9N.C2H6.CH4O/c1-21(2)29-24(39)18-36(31(41)37-9)17-12-23-22(30(29)36)10-11-26-34(23,7)15-13-25-33(5,6)27(14-16-35(25,26)8)42-28(40)19-32(3,4)20-38;1-2-4-5-3-1;2*1-2/h20-23,25-27H,10-19H2,1-9H3,(H,37,41);5H,1-4H2;1-2H3;2H,1H3/t22?,23?,25?,26?,27-,34-,35-,36?;;;/m0.../s1. The molecule has 1 aliphatic heterocycles. The van der Waals surface area contributed by atoms with Crippen LogP contribution < -0.4 is 10.6 Å². The van der Waals surface area contributed by atoms with Crippen molar-refractivity contribution in [2.45, 2.75) is 152 Å². The van der Waals surface area contributed by atoms with Gasteiger partial charge in [-0.3, -0.25) is 14.4 Å². The first-order valence-corrected chi connectivity index (χ1v) is 20.3. The summed E-state index contributed by atoms with van der Waals surface area (Å²) < 4.78 is 6.15. The van der Waals surface area contributed by atoms with Gasteiger partial charge in [0.25, 0.3) is 0 Å². The number of carbonyl (C=O) groups is 4. The fourth-order valence-corrected chi connectivity index (χ4v) is 12.2. The Kier molecular flexibility index (Phi) is 14.4. The van der Waals surface area contributed by atoms with E-state index < -0.39 is 10.8 Å². The molecule has 0 aromatic heterocycles. The molecule has 0 aromatic rings. The second kappa shape index (κ2) is 17.0. The van der Waals surface area contributed by atoms with E-state index in [9.17, 15) is 19.2 Å². The first kappa shape index (κ1) is 43.3. The predicted octanol–water partition coefficient (Wildman–Crippen LogP) is 7.85. The number of allylic oxidation sites excluding steroid dienone is 1. The predicted molar refractivity (Wildman–Crippen MR) is 205 cm³/mol. The molecule has 4 saturated carbocycles. The molecule has 6 aliphatic rings. The van der Waals surface area contributed by atoms with Crippen molar-refractivity contribution in [3.63, 3.8) is 0 Å². The lowest BCUT2D eigenvalue weighted by molar-refractivity contribution is -0.213. The van der Waals surface area contributed by atoms with Gasteiger partial charge in [0.05, 0.1) is 11.8 Å². The minimum Gasteiger partial charge on any atom is -0.462 e. The Morgan fingerprint density at radius 2 is 1.55 bits per heavy atom. The highest BCUT2D eigenvalue weighted by atomic mass is 16.5. The number of nitrogens with one attached hydrogen (secondary N) is 2. The lowest BCUT2D eigenvalue weighted by Gasteiger charge is -2.68. The molecule has 1 saturated heterocycles. The van der Waals surface area contributed by atoms with Crippen molar-refractivity contribution in [1.82, 2.24) is 10.6 Å². The zero-order valence-electron chi connectivity index (χ0n) is 34.4. The highest BCUT2D eigenvalue weighted by Gasteiger charge is 2.67.